The minimum Gasteiger partial charge on any atom is -0.321 e. The Labute approximate surface area is 201 Å². The van der Waals surface area contributed by atoms with Crippen molar-refractivity contribution in [1.29, 1.82) is 0 Å². The normalized spacial score (nSPS) is 10.9. The highest BCUT2D eigenvalue weighted by molar-refractivity contribution is 7.20. The number of hydrogen-bond donors (Lipinski definition) is 1. The van der Waals surface area contributed by atoms with E-state index in [1.807, 2.05) is 69.3 Å². The monoisotopic (exact) mass is 474 g/mol. The number of fused-ring (bicyclic) bond motifs is 1. The average Bonchev–Trinajstić information content (AvgIpc) is 3.15. The van der Waals surface area contributed by atoms with Gasteiger partial charge in [-0.05, 0) is 62.6 Å². The molecule has 2 aromatic carbocycles. The third-order valence-corrected chi connectivity index (χ3v) is 6.95. The second-order valence-corrected chi connectivity index (χ2v) is 9.16. The van der Waals surface area contributed by atoms with Gasteiger partial charge in [0.2, 0.25) is 5.91 Å². The number of nitrogens with one attached hydrogen (secondary N) is 1. The van der Waals surface area contributed by atoms with E-state index in [9.17, 15) is 14.4 Å². The molecule has 0 atom stereocenters. The van der Waals surface area contributed by atoms with Gasteiger partial charge in [-0.2, -0.15) is 0 Å². The van der Waals surface area contributed by atoms with Crippen LogP contribution in [-0.4, -0.2) is 27.9 Å². The van der Waals surface area contributed by atoms with E-state index >= 15 is 0 Å². The maximum Gasteiger partial charge on any atom is 0.266 e. The van der Waals surface area contributed by atoms with Gasteiger partial charge in [-0.15, -0.1) is 11.3 Å². The van der Waals surface area contributed by atoms with Crippen molar-refractivity contribution in [1.82, 2.24) is 9.55 Å². The van der Waals surface area contributed by atoms with Crippen LogP contribution in [0.15, 0.2) is 59.7 Å². The summed E-state index contributed by atoms with van der Waals surface area (Å²) in [4.78, 5) is 46.2. The maximum absolute atomic E-state index is 13.3. The van der Waals surface area contributed by atoms with Gasteiger partial charge in [-0.3, -0.25) is 19.0 Å². The minimum atomic E-state index is -0.331. The van der Waals surface area contributed by atoms with Gasteiger partial charge in [-0.1, -0.05) is 30.3 Å². The summed E-state index contributed by atoms with van der Waals surface area (Å²) >= 11 is 1.18. The fraction of sp³-hybridized carbons (Fsp3) is 0.231. The molecule has 2 aromatic heterocycles. The Kier molecular flexibility index (Phi) is 6.61. The van der Waals surface area contributed by atoms with Crippen molar-refractivity contribution in [3.05, 3.63) is 86.8 Å². The van der Waals surface area contributed by atoms with Crippen LogP contribution in [0.25, 0.3) is 10.2 Å². The number of amides is 2. The average molecular weight is 475 g/mol. The maximum atomic E-state index is 13.3. The van der Waals surface area contributed by atoms with Crippen molar-refractivity contribution in [2.24, 2.45) is 0 Å². The van der Waals surface area contributed by atoms with Crippen molar-refractivity contribution in [3.63, 3.8) is 0 Å². The highest BCUT2D eigenvalue weighted by Gasteiger charge is 2.22. The molecule has 0 bridgehead atoms. The number of hydrogen-bond acceptors (Lipinski definition) is 5. The van der Waals surface area contributed by atoms with E-state index < -0.39 is 0 Å². The predicted octanol–water partition coefficient (Wildman–Crippen LogP) is 4.69. The number of carbonyl (C=O) groups is 2. The third kappa shape index (κ3) is 4.49. The molecule has 0 aliphatic rings. The standard InChI is InChI=1S/C26H26N4O3S/c1-5-30(19-11-8-9-16(2)13-19)21(31)14-29-15-27-25-22(26(29)33)18(4)23(34-25)24(32)28-20-12-7-6-10-17(20)3/h6-13,15H,5,14H2,1-4H3,(H,28,32). The van der Waals surface area contributed by atoms with Crippen LogP contribution in [0, 0.1) is 20.8 Å². The number of likely N-dealkylation sites (N-methyl/N-ethyl adjacent to an activating group) is 1. The van der Waals surface area contributed by atoms with E-state index in [4.69, 9.17) is 0 Å². The number of thiophene rings is 1. The Balaban J connectivity index is 1.63. The Hall–Kier alpha value is -3.78. The SMILES string of the molecule is CCN(C(=O)Cn1cnc2sc(C(=O)Nc3ccccc3C)c(C)c2c1=O)c1cccc(C)c1. The van der Waals surface area contributed by atoms with Gasteiger partial charge in [0.25, 0.3) is 11.5 Å². The molecule has 0 unspecified atom stereocenters. The molecule has 0 saturated carbocycles. The molecule has 7 nitrogen and oxygen atoms in total. The summed E-state index contributed by atoms with van der Waals surface area (Å²) in [6.45, 7) is 7.87. The lowest BCUT2D eigenvalue weighted by Gasteiger charge is -2.22. The van der Waals surface area contributed by atoms with E-state index in [1.54, 1.807) is 11.8 Å². The molecule has 0 saturated heterocycles. The zero-order chi connectivity index (χ0) is 24.4. The molecule has 4 aromatic rings. The van der Waals surface area contributed by atoms with Crippen LogP contribution < -0.4 is 15.8 Å². The zero-order valence-electron chi connectivity index (χ0n) is 19.6. The van der Waals surface area contributed by atoms with Crippen LogP contribution in [0.2, 0.25) is 0 Å². The number of aromatic nitrogens is 2. The second-order valence-electron chi connectivity index (χ2n) is 8.16. The Bertz CT molecular complexity index is 1450. The van der Waals surface area contributed by atoms with Gasteiger partial charge >= 0.3 is 0 Å². The molecule has 1 N–H and O–H groups in total. The number of para-hydroxylation sites is 1. The van der Waals surface area contributed by atoms with Crippen LogP contribution in [0.1, 0.15) is 33.3 Å². The minimum absolute atomic E-state index is 0.135. The summed E-state index contributed by atoms with van der Waals surface area (Å²) in [5.74, 6) is -0.491. The third-order valence-electron chi connectivity index (χ3n) is 5.75. The number of nitrogens with zero attached hydrogens (tertiary/aromatic N) is 3. The molecular formula is C26H26N4O3S. The van der Waals surface area contributed by atoms with Crippen LogP contribution in [0.3, 0.4) is 0 Å². The number of rotatable bonds is 6. The van der Waals surface area contributed by atoms with E-state index in [0.29, 0.717) is 27.2 Å². The van der Waals surface area contributed by atoms with Crippen LogP contribution >= 0.6 is 11.3 Å². The van der Waals surface area contributed by atoms with Gasteiger partial charge in [0.1, 0.15) is 11.4 Å². The number of aryl methyl sites for hydroxylation is 3. The summed E-state index contributed by atoms with van der Waals surface area (Å²) in [6.07, 6.45) is 1.38. The first kappa shape index (κ1) is 23.4. The first-order chi connectivity index (χ1) is 16.3. The van der Waals surface area contributed by atoms with E-state index in [0.717, 1.165) is 22.5 Å². The highest BCUT2D eigenvalue weighted by atomic mass is 32.1. The number of carbonyl (C=O) groups excluding carboxylic acids is 2. The molecular weight excluding hydrogens is 448 g/mol. The van der Waals surface area contributed by atoms with Crippen LogP contribution in [0.5, 0.6) is 0 Å². The highest BCUT2D eigenvalue weighted by Crippen LogP contribution is 2.28. The van der Waals surface area contributed by atoms with Gasteiger partial charge in [0.05, 0.1) is 16.6 Å². The van der Waals surface area contributed by atoms with Crippen molar-refractivity contribution < 1.29 is 9.59 Å². The van der Waals surface area contributed by atoms with Gasteiger partial charge in [-0.25, -0.2) is 4.98 Å². The Morgan fingerprint density at radius 1 is 1.09 bits per heavy atom. The van der Waals surface area contributed by atoms with E-state index in [-0.39, 0.29) is 23.9 Å². The Morgan fingerprint density at radius 3 is 2.56 bits per heavy atom. The summed E-state index contributed by atoms with van der Waals surface area (Å²) < 4.78 is 1.31. The number of anilines is 2. The van der Waals surface area contributed by atoms with Gasteiger partial charge in [0, 0.05) is 17.9 Å². The fourth-order valence-electron chi connectivity index (χ4n) is 3.91. The lowest BCUT2D eigenvalue weighted by atomic mass is 10.2. The molecule has 0 aliphatic carbocycles. The van der Waals surface area contributed by atoms with E-state index in [1.165, 1.54) is 22.2 Å². The van der Waals surface area contributed by atoms with Crippen LogP contribution in [-0.2, 0) is 11.3 Å². The molecule has 0 fully saturated rings. The molecule has 34 heavy (non-hydrogen) atoms. The number of benzene rings is 2. The summed E-state index contributed by atoms with van der Waals surface area (Å²) in [7, 11) is 0. The van der Waals surface area contributed by atoms with Crippen molar-refractivity contribution in [3.8, 4) is 0 Å². The van der Waals surface area contributed by atoms with Crippen molar-refractivity contribution in [2.75, 3.05) is 16.8 Å². The molecule has 174 valence electrons. The fourth-order valence-corrected chi connectivity index (χ4v) is 4.95. The molecule has 8 heteroatoms. The largest absolute Gasteiger partial charge is 0.321 e. The topological polar surface area (TPSA) is 84.3 Å². The summed E-state index contributed by atoms with van der Waals surface area (Å²) in [5, 5.41) is 3.28. The summed E-state index contributed by atoms with van der Waals surface area (Å²) in [5.41, 5.74) is 3.74. The molecule has 4 rings (SSSR count). The van der Waals surface area contributed by atoms with Crippen molar-refractivity contribution in [2.45, 2.75) is 34.2 Å². The first-order valence-corrected chi connectivity index (χ1v) is 11.8. The predicted molar refractivity (Wildman–Crippen MR) is 137 cm³/mol. The molecule has 2 heterocycles. The molecule has 0 radical (unpaired) electrons. The molecule has 0 aliphatic heterocycles. The lowest BCUT2D eigenvalue weighted by molar-refractivity contribution is -0.119. The second kappa shape index (κ2) is 9.61. The van der Waals surface area contributed by atoms with Gasteiger partial charge < -0.3 is 10.2 Å². The lowest BCUT2D eigenvalue weighted by Crippen LogP contribution is -2.36. The first-order valence-electron chi connectivity index (χ1n) is 11.0. The van der Waals surface area contributed by atoms with Gasteiger partial charge in [0.15, 0.2) is 0 Å². The van der Waals surface area contributed by atoms with Crippen LogP contribution in [0.4, 0.5) is 11.4 Å². The van der Waals surface area contributed by atoms with Crippen molar-refractivity contribution >= 4 is 44.7 Å². The quantitative estimate of drug-likeness (QED) is 0.439. The zero-order valence-corrected chi connectivity index (χ0v) is 20.4. The molecule has 0 spiro atoms. The smallest absolute Gasteiger partial charge is 0.266 e. The Morgan fingerprint density at radius 2 is 1.85 bits per heavy atom. The summed E-state index contributed by atoms with van der Waals surface area (Å²) in [6, 6.07) is 15.2. The molecule has 2 amide bonds. The van der Waals surface area contributed by atoms with E-state index in [2.05, 4.69) is 10.3 Å².